The van der Waals surface area contributed by atoms with Crippen LogP contribution in [0.4, 0.5) is 0 Å². The van der Waals surface area contributed by atoms with E-state index in [0.717, 1.165) is 24.0 Å². The standard InChI is InChI=1S/C15H13NO/c17-10-14-5-2-8-16-15(14)13-7-6-11-3-1-4-12(11)9-13/h2,5-10H,1,3-4H2. The zero-order valence-electron chi connectivity index (χ0n) is 9.52. The topological polar surface area (TPSA) is 30.0 Å². The molecule has 0 atom stereocenters. The fourth-order valence-corrected chi connectivity index (χ4v) is 2.47. The van der Waals surface area contributed by atoms with Crippen molar-refractivity contribution in [3.63, 3.8) is 0 Å². The number of fused-ring (bicyclic) bond motifs is 1. The molecule has 1 aromatic heterocycles. The molecule has 0 bridgehead atoms. The van der Waals surface area contributed by atoms with Crippen molar-refractivity contribution in [1.82, 2.24) is 4.98 Å². The maximum atomic E-state index is 11.0. The van der Waals surface area contributed by atoms with E-state index < -0.39 is 0 Å². The summed E-state index contributed by atoms with van der Waals surface area (Å²) in [6.07, 6.45) is 6.16. The first-order valence-corrected chi connectivity index (χ1v) is 5.91. The van der Waals surface area contributed by atoms with E-state index in [0.29, 0.717) is 5.56 Å². The Morgan fingerprint density at radius 3 is 2.88 bits per heavy atom. The SMILES string of the molecule is O=Cc1cccnc1-c1ccc2c(c1)CCC2. The zero-order chi connectivity index (χ0) is 11.7. The van der Waals surface area contributed by atoms with E-state index in [9.17, 15) is 4.79 Å². The molecule has 84 valence electrons. The van der Waals surface area contributed by atoms with E-state index in [2.05, 4.69) is 23.2 Å². The van der Waals surface area contributed by atoms with E-state index in [4.69, 9.17) is 0 Å². The van der Waals surface area contributed by atoms with Crippen LogP contribution in [0.3, 0.4) is 0 Å². The number of pyridine rings is 1. The minimum atomic E-state index is 0.658. The van der Waals surface area contributed by atoms with Gasteiger partial charge >= 0.3 is 0 Å². The number of rotatable bonds is 2. The van der Waals surface area contributed by atoms with Gasteiger partial charge in [-0.2, -0.15) is 0 Å². The first kappa shape index (κ1) is 10.2. The maximum Gasteiger partial charge on any atom is 0.152 e. The quantitative estimate of drug-likeness (QED) is 0.732. The number of benzene rings is 1. The number of hydrogen-bond acceptors (Lipinski definition) is 2. The number of carbonyl (C=O) groups excluding carboxylic acids is 1. The fourth-order valence-electron chi connectivity index (χ4n) is 2.47. The molecule has 1 aliphatic carbocycles. The maximum absolute atomic E-state index is 11.0. The van der Waals surface area contributed by atoms with Gasteiger partial charge < -0.3 is 0 Å². The van der Waals surface area contributed by atoms with Crippen LogP contribution in [0.25, 0.3) is 11.3 Å². The van der Waals surface area contributed by atoms with Crippen molar-refractivity contribution in [3.05, 3.63) is 53.2 Å². The van der Waals surface area contributed by atoms with Gasteiger partial charge in [0.15, 0.2) is 6.29 Å². The lowest BCUT2D eigenvalue weighted by atomic mass is 10.0. The molecule has 0 aliphatic heterocycles. The predicted octanol–water partition coefficient (Wildman–Crippen LogP) is 3.05. The summed E-state index contributed by atoms with van der Waals surface area (Å²) in [5, 5.41) is 0. The lowest BCUT2D eigenvalue weighted by Crippen LogP contribution is -1.92. The highest BCUT2D eigenvalue weighted by Gasteiger charge is 2.13. The summed E-state index contributed by atoms with van der Waals surface area (Å²) in [5.41, 5.74) is 5.35. The molecule has 0 unspecified atom stereocenters. The molecule has 0 fully saturated rings. The molecule has 1 aromatic carbocycles. The van der Waals surface area contributed by atoms with Crippen LogP contribution < -0.4 is 0 Å². The third kappa shape index (κ3) is 1.76. The van der Waals surface area contributed by atoms with Crippen LogP contribution in [0.15, 0.2) is 36.5 Å². The molecule has 3 rings (SSSR count). The monoisotopic (exact) mass is 223 g/mol. The summed E-state index contributed by atoms with van der Waals surface area (Å²) in [6.45, 7) is 0. The van der Waals surface area contributed by atoms with Gasteiger partial charge in [0.1, 0.15) is 0 Å². The molecule has 0 saturated heterocycles. The van der Waals surface area contributed by atoms with Crippen LogP contribution >= 0.6 is 0 Å². The summed E-state index contributed by atoms with van der Waals surface area (Å²) in [4.78, 5) is 15.3. The number of aldehydes is 1. The Morgan fingerprint density at radius 2 is 2.00 bits per heavy atom. The van der Waals surface area contributed by atoms with E-state index in [1.165, 1.54) is 24.0 Å². The van der Waals surface area contributed by atoms with Gasteiger partial charge in [0.2, 0.25) is 0 Å². The van der Waals surface area contributed by atoms with Crippen LogP contribution in [0, 0.1) is 0 Å². The summed E-state index contributed by atoms with van der Waals surface area (Å²) >= 11 is 0. The minimum Gasteiger partial charge on any atom is -0.298 e. The molecule has 0 spiro atoms. The Labute approximate surface area is 100 Å². The van der Waals surface area contributed by atoms with Crippen molar-refractivity contribution in [2.45, 2.75) is 19.3 Å². The van der Waals surface area contributed by atoms with Gasteiger partial charge in [-0.3, -0.25) is 9.78 Å². The molecule has 0 saturated carbocycles. The van der Waals surface area contributed by atoms with Gasteiger partial charge in [0.25, 0.3) is 0 Å². The Kier molecular flexibility index (Phi) is 2.48. The largest absolute Gasteiger partial charge is 0.298 e. The smallest absolute Gasteiger partial charge is 0.152 e. The van der Waals surface area contributed by atoms with Gasteiger partial charge in [-0.15, -0.1) is 0 Å². The number of aryl methyl sites for hydroxylation is 2. The highest BCUT2D eigenvalue weighted by atomic mass is 16.1. The number of nitrogens with zero attached hydrogens (tertiary/aromatic N) is 1. The Morgan fingerprint density at radius 1 is 1.12 bits per heavy atom. The zero-order valence-corrected chi connectivity index (χ0v) is 9.52. The van der Waals surface area contributed by atoms with Crippen molar-refractivity contribution in [3.8, 4) is 11.3 Å². The Hall–Kier alpha value is -1.96. The Bertz CT molecular complexity index is 575. The molecule has 1 heterocycles. The highest BCUT2D eigenvalue weighted by Crippen LogP contribution is 2.28. The number of carbonyl (C=O) groups is 1. The van der Waals surface area contributed by atoms with Gasteiger partial charge in [-0.05, 0) is 48.6 Å². The molecule has 0 N–H and O–H groups in total. The predicted molar refractivity (Wildman–Crippen MR) is 67.1 cm³/mol. The van der Waals surface area contributed by atoms with Gasteiger partial charge in [-0.1, -0.05) is 12.1 Å². The third-order valence-corrected chi connectivity index (χ3v) is 3.34. The van der Waals surface area contributed by atoms with Crippen LogP contribution in [-0.4, -0.2) is 11.3 Å². The molecule has 0 radical (unpaired) electrons. The summed E-state index contributed by atoms with van der Waals surface area (Å²) in [6, 6.07) is 10.0. The van der Waals surface area contributed by atoms with Crippen molar-refractivity contribution < 1.29 is 4.79 Å². The molecule has 1 aliphatic rings. The van der Waals surface area contributed by atoms with E-state index in [-0.39, 0.29) is 0 Å². The second kappa shape index (κ2) is 4.13. The van der Waals surface area contributed by atoms with Crippen molar-refractivity contribution in [1.29, 1.82) is 0 Å². The molecular weight excluding hydrogens is 210 g/mol. The number of aromatic nitrogens is 1. The van der Waals surface area contributed by atoms with Crippen LogP contribution in [-0.2, 0) is 12.8 Å². The van der Waals surface area contributed by atoms with Crippen molar-refractivity contribution in [2.24, 2.45) is 0 Å². The molecule has 0 amide bonds. The normalized spacial score (nSPS) is 13.4. The molecule has 2 heteroatoms. The van der Waals surface area contributed by atoms with Gasteiger partial charge in [0.05, 0.1) is 5.69 Å². The van der Waals surface area contributed by atoms with E-state index >= 15 is 0 Å². The summed E-state index contributed by atoms with van der Waals surface area (Å²) < 4.78 is 0. The lowest BCUT2D eigenvalue weighted by Gasteiger charge is -2.06. The van der Waals surface area contributed by atoms with E-state index in [1.54, 1.807) is 12.3 Å². The van der Waals surface area contributed by atoms with Crippen LogP contribution in [0.5, 0.6) is 0 Å². The molecule has 2 aromatic rings. The van der Waals surface area contributed by atoms with Gasteiger partial charge in [0, 0.05) is 17.3 Å². The fraction of sp³-hybridized carbons (Fsp3) is 0.200. The number of hydrogen-bond donors (Lipinski definition) is 0. The highest BCUT2D eigenvalue weighted by molar-refractivity contribution is 5.85. The van der Waals surface area contributed by atoms with Gasteiger partial charge in [-0.25, -0.2) is 0 Å². The third-order valence-electron chi connectivity index (χ3n) is 3.34. The summed E-state index contributed by atoms with van der Waals surface area (Å²) in [5.74, 6) is 0. The Balaban J connectivity index is 2.12. The first-order chi connectivity index (χ1) is 8.38. The average Bonchev–Trinajstić information content (AvgIpc) is 2.85. The second-order valence-electron chi connectivity index (χ2n) is 4.40. The molecule has 17 heavy (non-hydrogen) atoms. The van der Waals surface area contributed by atoms with Crippen molar-refractivity contribution >= 4 is 6.29 Å². The van der Waals surface area contributed by atoms with Crippen molar-refractivity contribution in [2.75, 3.05) is 0 Å². The lowest BCUT2D eigenvalue weighted by molar-refractivity contribution is 0.112. The second-order valence-corrected chi connectivity index (χ2v) is 4.40. The molecular formula is C15H13NO. The van der Waals surface area contributed by atoms with Crippen LogP contribution in [0.2, 0.25) is 0 Å². The van der Waals surface area contributed by atoms with Crippen LogP contribution in [0.1, 0.15) is 27.9 Å². The summed E-state index contributed by atoms with van der Waals surface area (Å²) in [7, 11) is 0. The van der Waals surface area contributed by atoms with E-state index in [1.807, 2.05) is 6.07 Å². The first-order valence-electron chi connectivity index (χ1n) is 5.91. The average molecular weight is 223 g/mol. The minimum absolute atomic E-state index is 0.658. The molecule has 2 nitrogen and oxygen atoms in total.